The van der Waals surface area contributed by atoms with Gasteiger partial charge in [-0.25, -0.2) is 0 Å². The Hall–Kier alpha value is -2.24. The monoisotopic (exact) mass is 416 g/mol. The Labute approximate surface area is 178 Å². The molecule has 0 unspecified atom stereocenters. The lowest BCUT2D eigenvalue weighted by Crippen LogP contribution is -2.42. The van der Waals surface area contributed by atoms with E-state index in [-0.39, 0.29) is 43.1 Å². The molecule has 1 saturated carbocycles. The number of hydrogen-bond acceptors (Lipinski definition) is 4. The molecule has 1 heterocycles. The molecule has 6 heteroatoms. The van der Waals surface area contributed by atoms with Gasteiger partial charge in [0.05, 0.1) is 12.6 Å². The van der Waals surface area contributed by atoms with E-state index in [2.05, 4.69) is 35.6 Å². The van der Waals surface area contributed by atoms with E-state index in [4.69, 9.17) is 15.2 Å². The second kappa shape index (κ2) is 9.99. The van der Waals surface area contributed by atoms with Crippen LogP contribution in [0.5, 0.6) is 11.5 Å². The molecule has 1 aliphatic heterocycles. The van der Waals surface area contributed by atoms with Crippen molar-refractivity contribution in [1.82, 2.24) is 5.32 Å². The molecule has 2 aromatic rings. The van der Waals surface area contributed by atoms with Crippen molar-refractivity contribution in [3.8, 4) is 11.5 Å². The third-order valence-corrected chi connectivity index (χ3v) is 5.68. The van der Waals surface area contributed by atoms with Gasteiger partial charge in [-0.3, -0.25) is 4.79 Å². The van der Waals surface area contributed by atoms with Crippen molar-refractivity contribution < 1.29 is 14.3 Å². The van der Waals surface area contributed by atoms with E-state index < -0.39 is 0 Å². The molecule has 2 aromatic carbocycles. The van der Waals surface area contributed by atoms with Crippen LogP contribution in [-0.2, 0) is 11.2 Å². The summed E-state index contributed by atoms with van der Waals surface area (Å²) < 4.78 is 12.4. The first-order valence-corrected chi connectivity index (χ1v) is 10.2. The molecule has 29 heavy (non-hydrogen) atoms. The third kappa shape index (κ3) is 5.43. The van der Waals surface area contributed by atoms with Gasteiger partial charge in [0, 0.05) is 6.04 Å². The molecule has 2 aliphatic rings. The molecule has 1 aliphatic carbocycles. The zero-order chi connectivity index (χ0) is 19.3. The van der Waals surface area contributed by atoms with Crippen LogP contribution in [0.3, 0.4) is 0 Å². The molecular formula is C23H29ClN2O3. The van der Waals surface area contributed by atoms with Crippen molar-refractivity contribution in [2.24, 2.45) is 5.73 Å². The summed E-state index contributed by atoms with van der Waals surface area (Å²) in [6.45, 7) is 0.0543. The number of fused-ring (bicyclic) bond motifs is 1. The predicted molar refractivity (Wildman–Crippen MR) is 116 cm³/mol. The van der Waals surface area contributed by atoms with Gasteiger partial charge < -0.3 is 20.5 Å². The van der Waals surface area contributed by atoms with Crippen LogP contribution >= 0.6 is 12.4 Å². The molecule has 0 bridgehead atoms. The Kier molecular flexibility index (Phi) is 7.40. The number of carbonyl (C=O) groups is 1. The fraction of sp³-hybridized carbons (Fsp3) is 0.435. The lowest BCUT2D eigenvalue weighted by Gasteiger charge is -2.30. The van der Waals surface area contributed by atoms with Crippen molar-refractivity contribution in [1.29, 1.82) is 0 Å². The number of ether oxygens (including phenoxy) is 2. The maximum atomic E-state index is 11.4. The molecule has 0 aromatic heterocycles. The van der Waals surface area contributed by atoms with Crippen LogP contribution in [-0.4, -0.2) is 24.6 Å². The van der Waals surface area contributed by atoms with Crippen molar-refractivity contribution in [2.75, 3.05) is 6.54 Å². The average Bonchev–Trinajstić information content (AvgIpc) is 2.75. The SMILES string of the molecule is Cl.NCC(=O)NC1CCC(Oc2ccc3c(c2)CC[C@H](c2ccccc2)O3)CC1. The topological polar surface area (TPSA) is 73.6 Å². The Morgan fingerprint density at radius 1 is 1.07 bits per heavy atom. The molecule has 1 atom stereocenters. The van der Waals surface area contributed by atoms with Gasteiger partial charge in [-0.05, 0) is 67.9 Å². The minimum atomic E-state index is -0.0761. The smallest absolute Gasteiger partial charge is 0.233 e. The van der Waals surface area contributed by atoms with Crippen LogP contribution in [0.4, 0.5) is 0 Å². The average molecular weight is 417 g/mol. The molecule has 5 nitrogen and oxygen atoms in total. The maximum Gasteiger partial charge on any atom is 0.233 e. The standard InChI is InChI=1S/C23H28N2O3.ClH/c24-15-23(26)25-18-7-9-19(10-8-18)27-20-11-13-22-17(14-20)6-12-21(28-22)16-4-2-1-3-5-16;/h1-5,11,13-14,18-19,21H,6-10,12,15,24H2,(H,25,26);1H/t18?,19?,21-;/m1./s1. The zero-order valence-corrected chi connectivity index (χ0v) is 17.3. The lowest BCUT2D eigenvalue weighted by atomic mass is 9.92. The Balaban J connectivity index is 0.00000240. The van der Waals surface area contributed by atoms with Crippen molar-refractivity contribution in [2.45, 2.75) is 56.8 Å². The minimum absolute atomic E-state index is 0. The Morgan fingerprint density at radius 3 is 2.55 bits per heavy atom. The third-order valence-electron chi connectivity index (χ3n) is 5.68. The van der Waals surface area contributed by atoms with Crippen LogP contribution in [0.1, 0.15) is 49.3 Å². The van der Waals surface area contributed by atoms with E-state index in [1.165, 1.54) is 11.1 Å². The molecule has 0 spiro atoms. The van der Waals surface area contributed by atoms with Crippen LogP contribution in [0, 0.1) is 0 Å². The molecule has 1 fully saturated rings. The molecule has 3 N–H and O–H groups in total. The highest BCUT2D eigenvalue weighted by atomic mass is 35.5. The molecular weight excluding hydrogens is 388 g/mol. The summed E-state index contributed by atoms with van der Waals surface area (Å²) in [5, 5.41) is 2.98. The van der Waals surface area contributed by atoms with Gasteiger partial charge in [-0.2, -0.15) is 0 Å². The number of hydrogen-bond donors (Lipinski definition) is 2. The van der Waals surface area contributed by atoms with E-state index in [1.54, 1.807) is 0 Å². The number of benzene rings is 2. The Bertz CT molecular complexity index is 807. The minimum Gasteiger partial charge on any atom is -0.490 e. The van der Waals surface area contributed by atoms with E-state index in [0.29, 0.717) is 0 Å². The first kappa shape index (κ1) is 21.5. The highest BCUT2D eigenvalue weighted by Gasteiger charge is 2.25. The van der Waals surface area contributed by atoms with Crippen molar-refractivity contribution >= 4 is 18.3 Å². The van der Waals surface area contributed by atoms with Gasteiger partial charge in [-0.15, -0.1) is 12.4 Å². The summed E-state index contributed by atoms with van der Waals surface area (Å²) in [6, 6.07) is 16.8. The molecule has 4 rings (SSSR count). The summed E-state index contributed by atoms with van der Waals surface area (Å²) in [7, 11) is 0. The number of halogens is 1. The number of nitrogens with two attached hydrogens (primary N) is 1. The molecule has 0 radical (unpaired) electrons. The molecule has 1 amide bonds. The van der Waals surface area contributed by atoms with Crippen LogP contribution in [0.2, 0.25) is 0 Å². The number of aryl methyl sites for hydroxylation is 1. The van der Waals surface area contributed by atoms with Gasteiger partial charge >= 0.3 is 0 Å². The zero-order valence-electron chi connectivity index (χ0n) is 16.5. The summed E-state index contributed by atoms with van der Waals surface area (Å²) in [5.41, 5.74) is 7.81. The number of rotatable bonds is 5. The van der Waals surface area contributed by atoms with Gasteiger partial charge in [0.2, 0.25) is 5.91 Å². The molecule has 156 valence electrons. The normalized spacial score (nSPS) is 23.1. The van der Waals surface area contributed by atoms with Crippen LogP contribution in [0.15, 0.2) is 48.5 Å². The van der Waals surface area contributed by atoms with Gasteiger partial charge in [0.15, 0.2) is 0 Å². The predicted octanol–water partition coefficient (Wildman–Crippen LogP) is 3.94. The number of nitrogens with one attached hydrogen (secondary N) is 1. The van der Waals surface area contributed by atoms with Crippen molar-refractivity contribution in [3.05, 3.63) is 59.7 Å². The van der Waals surface area contributed by atoms with E-state index in [9.17, 15) is 4.79 Å². The van der Waals surface area contributed by atoms with Crippen LogP contribution < -0.4 is 20.5 Å². The highest BCUT2D eigenvalue weighted by molar-refractivity contribution is 5.85. The lowest BCUT2D eigenvalue weighted by molar-refractivity contribution is -0.120. The number of carbonyl (C=O) groups excluding carboxylic acids is 1. The molecule has 0 saturated heterocycles. The van der Waals surface area contributed by atoms with Gasteiger partial charge in [-0.1, -0.05) is 30.3 Å². The fourth-order valence-corrected chi connectivity index (χ4v) is 4.14. The highest BCUT2D eigenvalue weighted by Crippen LogP contribution is 2.37. The first-order valence-electron chi connectivity index (χ1n) is 10.2. The fourth-order valence-electron chi connectivity index (χ4n) is 4.14. The maximum absolute atomic E-state index is 11.4. The summed E-state index contributed by atoms with van der Waals surface area (Å²) in [5.74, 6) is 1.79. The first-order chi connectivity index (χ1) is 13.7. The van der Waals surface area contributed by atoms with E-state index in [1.807, 2.05) is 18.2 Å². The van der Waals surface area contributed by atoms with Crippen molar-refractivity contribution in [3.63, 3.8) is 0 Å². The largest absolute Gasteiger partial charge is 0.490 e. The van der Waals surface area contributed by atoms with E-state index >= 15 is 0 Å². The summed E-state index contributed by atoms with van der Waals surface area (Å²) >= 11 is 0. The quantitative estimate of drug-likeness (QED) is 0.774. The summed E-state index contributed by atoms with van der Waals surface area (Å²) in [4.78, 5) is 11.4. The second-order valence-corrected chi connectivity index (χ2v) is 7.69. The summed E-state index contributed by atoms with van der Waals surface area (Å²) in [6.07, 6.45) is 6.05. The van der Waals surface area contributed by atoms with Crippen LogP contribution in [0.25, 0.3) is 0 Å². The van der Waals surface area contributed by atoms with Gasteiger partial charge in [0.1, 0.15) is 17.6 Å². The Morgan fingerprint density at radius 2 is 1.83 bits per heavy atom. The number of amides is 1. The van der Waals surface area contributed by atoms with Gasteiger partial charge in [0.25, 0.3) is 0 Å². The van der Waals surface area contributed by atoms with E-state index in [0.717, 1.165) is 50.0 Å². The second-order valence-electron chi connectivity index (χ2n) is 7.69.